The van der Waals surface area contributed by atoms with Gasteiger partial charge in [0.15, 0.2) is 0 Å². The number of pyridine rings is 1. The van der Waals surface area contributed by atoms with E-state index < -0.39 is 4.92 Å². The number of anilines is 2. The zero-order valence-electron chi connectivity index (χ0n) is 14.8. The van der Waals surface area contributed by atoms with Crippen molar-refractivity contribution in [1.29, 1.82) is 0 Å². The van der Waals surface area contributed by atoms with Crippen molar-refractivity contribution < 1.29 is 9.72 Å². The van der Waals surface area contributed by atoms with E-state index in [0.717, 1.165) is 5.82 Å². The Hall–Kier alpha value is -3.16. The summed E-state index contributed by atoms with van der Waals surface area (Å²) >= 11 is 0. The minimum atomic E-state index is -0.477. The Balaban J connectivity index is 1.78. The number of carbonyl (C=O) groups excluding carboxylic acids is 1. The average molecular weight is 355 g/mol. The monoisotopic (exact) mass is 355 g/mol. The van der Waals surface area contributed by atoms with Crippen LogP contribution in [0.2, 0.25) is 0 Å². The molecule has 1 saturated heterocycles. The molecule has 0 aliphatic carbocycles. The van der Waals surface area contributed by atoms with Crippen molar-refractivity contribution in [2.75, 3.05) is 50.1 Å². The lowest BCUT2D eigenvalue weighted by molar-refractivity contribution is -0.384. The minimum Gasteiger partial charge on any atom is -0.377 e. The molecule has 0 spiro atoms. The highest BCUT2D eigenvalue weighted by molar-refractivity contribution is 6.00. The molecule has 1 aromatic carbocycles. The molecule has 0 unspecified atom stereocenters. The minimum absolute atomic E-state index is 0.0777. The second-order valence-corrected chi connectivity index (χ2v) is 6.32. The second-order valence-electron chi connectivity index (χ2n) is 6.32. The van der Waals surface area contributed by atoms with Gasteiger partial charge in [0, 0.05) is 64.3 Å². The molecule has 1 fully saturated rings. The Labute approximate surface area is 151 Å². The molecule has 0 saturated carbocycles. The van der Waals surface area contributed by atoms with E-state index in [1.165, 1.54) is 12.1 Å². The number of hydrogen-bond acceptors (Lipinski definition) is 6. The second kappa shape index (κ2) is 7.38. The predicted molar refractivity (Wildman–Crippen MR) is 99.8 cm³/mol. The van der Waals surface area contributed by atoms with Crippen LogP contribution in [0.1, 0.15) is 10.4 Å². The van der Waals surface area contributed by atoms with E-state index in [1.807, 2.05) is 32.3 Å². The molecule has 8 nitrogen and oxygen atoms in total. The number of hydrogen-bond donors (Lipinski definition) is 0. The summed E-state index contributed by atoms with van der Waals surface area (Å²) in [4.78, 5) is 33.6. The SMILES string of the molecule is CN(C)c1ccc([N+](=O)[O-])cc1C(=O)N1CCN(c2ccccn2)CC1. The van der Waals surface area contributed by atoms with Crippen molar-refractivity contribution in [2.24, 2.45) is 0 Å². The summed E-state index contributed by atoms with van der Waals surface area (Å²) in [5.41, 5.74) is 0.953. The fourth-order valence-electron chi connectivity index (χ4n) is 3.05. The Bertz CT molecular complexity index is 802. The van der Waals surface area contributed by atoms with E-state index in [9.17, 15) is 14.9 Å². The number of amides is 1. The molecular weight excluding hydrogens is 334 g/mol. The number of aromatic nitrogens is 1. The number of rotatable bonds is 4. The zero-order chi connectivity index (χ0) is 18.7. The predicted octanol–water partition coefficient (Wildman–Crippen LogP) is 2.02. The maximum Gasteiger partial charge on any atom is 0.270 e. The molecule has 0 N–H and O–H groups in total. The first kappa shape index (κ1) is 17.7. The van der Waals surface area contributed by atoms with Gasteiger partial charge < -0.3 is 14.7 Å². The third-order valence-corrected chi connectivity index (χ3v) is 4.44. The van der Waals surface area contributed by atoms with E-state index in [1.54, 1.807) is 22.1 Å². The van der Waals surface area contributed by atoms with Crippen LogP contribution in [0, 0.1) is 10.1 Å². The molecule has 1 aliphatic rings. The van der Waals surface area contributed by atoms with Crippen LogP contribution in [0.5, 0.6) is 0 Å². The number of nitro groups is 1. The summed E-state index contributed by atoms with van der Waals surface area (Å²) in [6, 6.07) is 10.2. The van der Waals surface area contributed by atoms with Gasteiger partial charge >= 0.3 is 0 Å². The normalized spacial score (nSPS) is 14.2. The first-order chi connectivity index (χ1) is 12.5. The molecule has 26 heavy (non-hydrogen) atoms. The molecule has 0 bridgehead atoms. The van der Waals surface area contributed by atoms with Gasteiger partial charge in [0.1, 0.15) is 5.82 Å². The van der Waals surface area contributed by atoms with Crippen LogP contribution in [0.3, 0.4) is 0 Å². The van der Waals surface area contributed by atoms with Gasteiger partial charge in [0.2, 0.25) is 0 Å². The Morgan fingerprint density at radius 2 is 1.88 bits per heavy atom. The molecular formula is C18H21N5O3. The first-order valence-electron chi connectivity index (χ1n) is 8.38. The Morgan fingerprint density at radius 3 is 2.46 bits per heavy atom. The molecule has 0 atom stereocenters. The molecule has 8 heteroatoms. The highest BCUT2D eigenvalue weighted by Gasteiger charge is 2.26. The Kier molecular flexibility index (Phi) is 5.01. The lowest BCUT2D eigenvalue weighted by Crippen LogP contribution is -2.49. The fourth-order valence-corrected chi connectivity index (χ4v) is 3.05. The van der Waals surface area contributed by atoms with Crippen LogP contribution < -0.4 is 9.80 Å². The lowest BCUT2D eigenvalue weighted by atomic mass is 10.1. The van der Waals surface area contributed by atoms with E-state index in [0.29, 0.717) is 37.4 Å². The molecule has 0 radical (unpaired) electrons. The molecule has 1 aliphatic heterocycles. The maximum absolute atomic E-state index is 13.0. The van der Waals surface area contributed by atoms with Gasteiger partial charge in [-0.3, -0.25) is 14.9 Å². The van der Waals surface area contributed by atoms with Gasteiger partial charge in [-0.2, -0.15) is 0 Å². The number of non-ortho nitro benzene ring substituents is 1. The Morgan fingerprint density at radius 1 is 1.15 bits per heavy atom. The summed E-state index contributed by atoms with van der Waals surface area (Å²) in [7, 11) is 3.63. The standard InChI is InChI=1S/C18H21N5O3/c1-20(2)16-7-6-14(23(25)26)13-15(16)18(24)22-11-9-21(10-12-22)17-5-3-4-8-19-17/h3-8,13H,9-12H2,1-2H3. The van der Waals surface area contributed by atoms with Crippen LogP contribution in [-0.4, -0.2) is 61.0 Å². The average Bonchev–Trinajstić information content (AvgIpc) is 2.67. The summed E-state index contributed by atoms with van der Waals surface area (Å²) in [5, 5.41) is 11.1. The lowest BCUT2D eigenvalue weighted by Gasteiger charge is -2.35. The van der Waals surface area contributed by atoms with E-state index in [2.05, 4.69) is 9.88 Å². The van der Waals surface area contributed by atoms with E-state index in [4.69, 9.17) is 0 Å². The molecule has 2 aromatic rings. The van der Waals surface area contributed by atoms with Crippen molar-refractivity contribution >= 4 is 23.1 Å². The molecule has 1 aromatic heterocycles. The third kappa shape index (κ3) is 3.58. The summed E-state index contributed by atoms with van der Waals surface area (Å²) < 4.78 is 0. The number of carbonyl (C=O) groups is 1. The largest absolute Gasteiger partial charge is 0.377 e. The van der Waals surface area contributed by atoms with Crippen LogP contribution in [0.15, 0.2) is 42.6 Å². The summed E-state index contributed by atoms with van der Waals surface area (Å²) in [5.74, 6) is 0.710. The van der Waals surface area contributed by atoms with Gasteiger partial charge in [-0.25, -0.2) is 4.98 Å². The summed E-state index contributed by atoms with van der Waals surface area (Å²) in [6.45, 7) is 2.44. The van der Waals surface area contributed by atoms with Gasteiger partial charge in [0.25, 0.3) is 11.6 Å². The van der Waals surface area contributed by atoms with Gasteiger partial charge in [-0.15, -0.1) is 0 Å². The van der Waals surface area contributed by atoms with Crippen LogP contribution >= 0.6 is 0 Å². The third-order valence-electron chi connectivity index (χ3n) is 4.44. The van der Waals surface area contributed by atoms with E-state index in [-0.39, 0.29) is 11.6 Å². The molecule has 2 heterocycles. The van der Waals surface area contributed by atoms with Crippen molar-refractivity contribution in [2.45, 2.75) is 0 Å². The molecule has 3 rings (SSSR count). The number of nitro benzene ring substituents is 1. The van der Waals surface area contributed by atoms with Gasteiger partial charge in [-0.05, 0) is 18.2 Å². The number of piperazine rings is 1. The first-order valence-corrected chi connectivity index (χ1v) is 8.38. The maximum atomic E-state index is 13.0. The van der Waals surface area contributed by atoms with Crippen LogP contribution in [0.4, 0.5) is 17.2 Å². The van der Waals surface area contributed by atoms with Crippen LogP contribution in [0.25, 0.3) is 0 Å². The number of benzene rings is 1. The summed E-state index contributed by atoms with van der Waals surface area (Å²) in [6.07, 6.45) is 1.75. The van der Waals surface area contributed by atoms with Crippen molar-refractivity contribution in [3.05, 3.63) is 58.3 Å². The highest BCUT2D eigenvalue weighted by Crippen LogP contribution is 2.26. The van der Waals surface area contributed by atoms with Gasteiger partial charge in [0.05, 0.1) is 10.5 Å². The quantitative estimate of drug-likeness (QED) is 0.616. The fraction of sp³-hybridized carbons (Fsp3) is 0.333. The molecule has 136 valence electrons. The van der Waals surface area contributed by atoms with Gasteiger partial charge in [-0.1, -0.05) is 6.07 Å². The molecule has 1 amide bonds. The van der Waals surface area contributed by atoms with Crippen molar-refractivity contribution in [1.82, 2.24) is 9.88 Å². The van der Waals surface area contributed by atoms with E-state index >= 15 is 0 Å². The van der Waals surface area contributed by atoms with Crippen molar-refractivity contribution in [3.8, 4) is 0 Å². The zero-order valence-corrected chi connectivity index (χ0v) is 14.8. The van der Waals surface area contributed by atoms with Crippen LogP contribution in [-0.2, 0) is 0 Å². The van der Waals surface area contributed by atoms with Crippen molar-refractivity contribution in [3.63, 3.8) is 0 Å². The smallest absolute Gasteiger partial charge is 0.270 e. The topological polar surface area (TPSA) is 82.8 Å². The number of nitrogens with zero attached hydrogens (tertiary/aromatic N) is 5. The highest BCUT2D eigenvalue weighted by atomic mass is 16.6.